The summed E-state index contributed by atoms with van der Waals surface area (Å²) in [5, 5.41) is 7.75. The number of hydrogen-bond acceptors (Lipinski definition) is 2. The van der Waals surface area contributed by atoms with Crippen LogP contribution in [0.15, 0.2) is 53.2 Å². The van der Waals surface area contributed by atoms with Gasteiger partial charge in [0.05, 0.1) is 0 Å². The molecule has 0 spiro atoms. The molecule has 0 aliphatic rings. The molecule has 1 N–H and O–H groups in total. The van der Waals surface area contributed by atoms with Crippen molar-refractivity contribution in [3.8, 4) is 0 Å². The second-order valence-electron chi connectivity index (χ2n) is 3.90. The summed E-state index contributed by atoms with van der Waals surface area (Å²) in [7, 11) is 0. The van der Waals surface area contributed by atoms with Crippen molar-refractivity contribution in [2.24, 2.45) is 0 Å². The molecule has 2 rings (SSSR count). The highest BCUT2D eigenvalue weighted by atomic mass is 32.1. The van der Waals surface area contributed by atoms with Gasteiger partial charge in [-0.15, -0.1) is 0 Å². The molecule has 2 aromatic rings. The van der Waals surface area contributed by atoms with E-state index in [1.54, 1.807) is 11.3 Å². The lowest BCUT2D eigenvalue weighted by atomic mass is 10.2. The number of nitrogens with one attached hydrogen (secondary N) is 1. The maximum absolute atomic E-state index is 3.41. The summed E-state index contributed by atoms with van der Waals surface area (Å²) in [6.45, 7) is 1.97. The van der Waals surface area contributed by atoms with Crippen molar-refractivity contribution in [3.63, 3.8) is 0 Å². The predicted molar refractivity (Wildman–Crippen MR) is 76.4 cm³/mol. The van der Waals surface area contributed by atoms with Gasteiger partial charge in [-0.3, -0.25) is 0 Å². The summed E-state index contributed by atoms with van der Waals surface area (Å²) in [5.41, 5.74) is 2.68. The van der Waals surface area contributed by atoms with Gasteiger partial charge in [0.25, 0.3) is 0 Å². The van der Waals surface area contributed by atoms with E-state index >= 15 is 0 Å². The molecule has 17 heavy (non-hydrogen) atoms. The first-order valence-electron chi connectivity index (χ1n) is 5.88. The smallest absolute Gasteiger partial charge is 0.0138 e. The van der Waals surface area contributed by atoms with Gasteiger partial charge in [-0.1, -0.05) is 42.5 Å². The van der Waals surface area contributed by atoms with E-state index in [2.05, 4.69) is 58.6 Å². The number of hydrogen-bond donors (Lipinski definition) is 1. The lowest BCUT2D eigenvalue weighted by molar-refractivity contribution is 0.747. The molecule has 0 bridgehead atoms. The van der Waals surface area contributed by atoms with Gasteiger partial charge >= 0.3 is 0 Å². The Morgan fingerprint density at radius 3 is 2.76 bits per heavy atom. The van der Waals surface area contributed by atoms with Crippen LogP contribution in [0.25, 0.3) is 6.08 Å². The maximum atomic E-state index is 3.41. The zero-order valence-electron chi connectivity index (χ0n) is 9.80. The Morgan fingerprint density at radius 1 is 1.12 bits per heavy atom. The molecule has 0 atom stereocenters. The fourth-order valence-electron chi connectivity index (χ4n) is 1.61. The first kappa shape index (κ1) is 12.1. The van der Waals surface area contributed by atoms with Crippen LogP contribution >= 0.6 is 11.3 Å². The van der Waals surface area contributed by atoms with Crippen molar-refractivity contribution in [2.75, 3.05) is 13.1 Å². The monoisotopic (exact) mass is 243 g/mol. The molecule has 1 aromatic carbocycles. The summed E-state index contributed by atoms with van der Waals surface area (Å²) in [5.74, 6) is 0. The average Bonchev–Trinajstić information content (AvgIpc) is 2.88. The van der Waals surface area contributed by atoms with Crippen LogP contribution in [0.4, 0.5) is 0 Å². The van der Waals surface area contributed by atoms with E-state index in [1.807, 2.05) is 6.07 Å². The Bertz CT molecular complexity index is 431. The van der Waals surface area contributed by atoms with E-state index in [1.165, 1.54) is 11.1 Å². The van der Waals surface area contributed by atoms with Crippen LogP contribution in [0.3, 0.4) is 0 Å². The molecular formula is C15H17NS. The highest BCUT2D eigenvalue weighted by Gasteiger charge is 1.91. The van der Waals surface area contributed by atoms with Gasteiger partial charge in [-0.25, -0.2) is 0 Å². The molecule has 0 amide bonds. The number of benzene rings is 1. The third-order valence-corrected chi connectivity index (χ3v) is 3.27. The van der Waals surface area contributed by atoms with Gasteiger partial charge in [0, 0.05) is 6.54 Å². The Morgan fingerprint density at radius 2 is 2.00 bits per heavy atom. The lowest BCUT2D eigenvalue weighted by Gasteiger charge is -1.99. The predicted octanol–water partition coefficient (Wildman–Crippen LogP) is 3.59. The van der Waals surface area contributed by atoms with Crippen LogP contribution in [-0.4, -0.2) is 13.1 Å². The zero-order chi connectivity index (χ0) is 11.8. The largest absolute Gasteiger partial charge is 0.313 e. The molecule has 0 saturated heterocycles. The SMILES string of the molecule is C(=C\c1ccccc1)/CNCCc1ccsc1. The van der Waals surface area contributed by atoms with Crippen molar-refractivity contribution >= 4 is 17.4 Å². The highest BCUT2D eigenvalue weighted by molar-refractivity contribution is 7.07. The minimum atomic E-state index is 0.930. The topological polar surface area (TPSA) is 12.0 Å². The molecule has 1 nitrogen and oxygen atoms in total. The molecule has 1 heterocycles. The van der Waals surface area contributed by atoms with Crippen LogP contribution in [0.2, 0.25) is 0 Å². The molecule has 1 aromatic heterocycles. The van der Waals surface area contributed by atoms with E-state index in [0.717, 1.165) is 19.5 Å². The van der Waals surface area contributed by atoms with E-state index < -0.39 is 0 Å². The van der Waals surface area contributed by atoms with Crippen LogP contribution in [0.5, 0.6) is 0 Å². The average molecular weight is 243 g/mol. The maximum Gasteiger partial charge on any atom is 0.0138 e. The van der Waals surface area contributed by atoms with Crippen molar-refractivity contribution in [1.29, 1.82) is 0 Å². The van der Waals surface area contributed by atoms with Crippen molar-refractivity contribution in [1.82, 2.24) is 5.32 Å². The number of rotatable bonds is 6. The molecule has 2 heteroatoms. The van der Waals surface area contributed by atoms with Crippen molar-refractivity contribution in [2.45, 2.75) is 6.42 Å². The molecule has 0 radical (unpaired) electrons. The zero-order valence-corrected chi connectivity index (χ0v) is 10.6. The van der Waals surface area contributed by atoms with Crippen LogP contribution in [0.1, 0.15) is 11.1 Å². The van der Waals surface area contributed by atoms with E-state index in [0.29, 0.717) is 0 Å². The Kier molecular flexibility index (Phi) is 5.01. The number of thiophene rings is 1. The van der Waals surface area contributed by atoms with E-state index in [9.17, 15) is 0 Å². The van der Waals surface area contributed by atoms with Gasteiger partial charge in [0.2, 0.25) is 0 Å². The van der Waals surface area contributed by atoms with E-state index in [-0.39, 0.29) is 0 Å². The van der Waals surface area contributed by atoms with Gasteiger partial charge in [-0.05, 0) is 40.9 Å². The van der Waals surface area contributed by atoms with Gasteiger partial charge in [0.1, 0.15) is 0 Å². The minimum Gasteiger partial charge on any atom is -0.313 e. The van der Waals surface area contributed by atoms with Gasteiger partial charge in [-0.2, -0.15) is 11.3 Å². The first-order chi connectivity index (χ1) is 8.45. The molecule has 88 valence electrons. The summed E-state index contributed by atoms with van der Waals surface area (Å²) >= 11 is 1.76. The molecule has 0 aliphatic carbocycles. The van der Waals surface area contributed by atoms with Crippen LogP contribution < -0.4 is 5.32 Å². The third-order valence-electron chi connectivity index (χ3n) is 2.54. The van der Waals surface area contributed by atoms with Crippen molar-refractivity contribution in [3.05, 3.63) is 64.4 Å². The minimum absolute atomic E-state index is 0.930. The second kappa shape index (κ2) is 7.05. The molecular weight excluding hydrogens is 226 g/mol. The summed E-state index contributed by atoms with van der Waals surface area (Å²) in [6, 6.07) is 12.6. The fraction of sp³-hybridized carbons (Fsp3) is 0.200. The van der Waals surface area contributed by atoms with E-state index in [4.69, 9.17) is 0 Å². The summed E-state index contributed by atoms with van der Waals surface area (Å²) in [4.78, 5) is 0. The Balaban J connectivity index is 1.62. The van der Waals surface area contributed by atoms with Crippen LogP contribution in [-0.2, 0) is 6.42 Å². The quantitative estimate of drug-likeness (QED) is 0.764. The summed E-state index contributed by atoms with van der Waals surface area (Å²) in [6.07, 6.45) is 5.43. The van der Waals surface area contributed by atoms with Gasteiger partial charge in [0.15, 0.2) is 0 Å². The Hall–Kier alpha value is -1.38. The van der Waals surface area contributed by atoms with Crippen LogP contribution in [0, 0.1) is 0 Å². The second-order valence-corrected chi connectivity index (χ2v) is 4.68. The fourth-order valence-corrected chi connectivity index (χ4v) is 2.32. The summed E-state index contributed by atoms with van der Waals surface area (Å²) < 4.78 is 0. The third kappa shape index (κ3) is 4.55. The van der Waals surface area contributed by atoms with Crippen molar-refractivity contribution < 1.29 is 0 Å². The normalized spacial score (nSPS) is 11.1. The molecule has 0 aliphatic heterocycles. The highest BCUT2D eigenvalue weighted by Crippen LogP contribution is 2.05. The standard InChI is InChI=1S/C15H17NS/c1-2-5-14(6-3-1)7-4-10-16-11-8-15-9-12-17-13-15/h1-7,9,12-13,16H,8,10-11H2/b7-4+. The lowest BCUT2D eigenvalue weighted by Crippen LogP contribution is -2.16. The molecule has 0 unspecified atom stereocenters. The van der Waals surface area contributed by atoms with Gasteiger partial charge < -0.3 is 5.32 Å². The Labute approximate surface area is 107 Å². The molecule has 0 fully saturated rings. The molecule has 0 saturated carbocycles. The first-order valence-corrected chi connectivity index (χ1v) is 6.83.